The normalized spacial score (nSPS) is 19.5. The molecule has 146 valence electrons. The molecule has 0 spiro atoms. The van der Waals surface area contributed by atoms with Gasteiger partial charge in [0.15, 0.2) is 17.5 Å². The molecule has 3 aromatic heterocycles. The Morgan fingerprint density at radius 1 is 1.32 bits per heavy atom. The average Bonchev–Trinajstić information content (AvgIpc) is 3.12. The van der Waals surface area contributed by atoms with Gasteiger partial charge in [-0.2, -0.15) is 0 Å². The predicted molar refractivity (Wildman–Crippen MR) is 103 cm³/mol. The first-order valence-corrected chi connectivity index (χ1v) is 9.44. The lowest BCUT2D eigenvalue weighted by atomic mass is 9.84. The van der Waals surface area contributed by atoms with Gasteiger partial charge < -0.3 is 15.0 Å². The van der Waals surface area contributed by atoms with E-state index in [9.17, 15) is 9.18 Å². The number of aromatic amines is 1. The van der Waals surface area contributed by atoms with Crippen LogP contribution < -0.4 is 5.32 Å². The van der Waals surface area contributed by atoms with Crippen LogP contribution in [0.4, 0.5) is 10.2 Å². The fourth-order valence-corrected chi connectivity index (χ4v) is 3.83. The van der Waals surface area contributed by atoms with E-state index in [2.05, 4.69) is 25.3 Å². The van der Waals surface area contributed by atoms with Crippen LogP contribution >= 0.6 is 11.6 Å². The van der Waals surface area contributed by atoms with Gasteiger partial charge in [0.2, 0.25) is 0 Å². The molecule has 2 atom stereocenters. The number of aromatic nitrogens is 4. The highest BCUT2D eigenvalue weighted by Gasteiger charge is 2.32. The molecule has 1 saturated carbocycles. The molecule has 3 aromatic rings. The Kier molecular flexibility index (Phi) is 5.13. The first-order valence-electron chi connectivity index (χ1n) is 9.06. The van der Waals surface area contributed by atoms with Crippen molar-refractivity contribution >= 4 is 34.4 Å². The largest absolute Gasteiger partial charge is 0.469 e. The van der Waals surface area contributed by atoms with Crippen molar-refractivity contribution in [1.82, 2.24) is 19.9 Å². The van der Waals surface area contributed by atoms with Crippen molar-refractivity contribution < 1.29 is 13.9 Å². The van der Waals surface area contributed by atoms with E-state index in [4.69, 9.17) is 16.3 Å². The molecule has 1 aliphatic rings. The zero-order valence-electron chi connectivity index (χ0n) is 15.2. The molecular formula is C19H19ClFN5O2. The van der Waals surface area contributed by atoms with E-state index in [1.807, 2.05) is 0 Å². The SMILES string of the molecule is COC(=O)[C@H]1CCCCC1Nc1nc(-c2c[nH]c3ncc(Cl)cc23)ncc1F. The number of nitrogens with one attached hydrogen (secondary N) is 2. The number of rotatable bonds is 4. The number of hydrogen-bond acceptors (Lipinski definition) is 6. The Morgan fingerprint density at radius 3 is 2.96 bits per heavy atom. The number of fused-ring (bicyclic) bond motifs is 1. The molecule has 0 amide bonds. The monoisotopic (exact) mass is 403 g/mol. The molecule has 0 saturated heterocycles. The van der Waals surface area contributed by atoms with E-state index in [-0.39, 0.29) is 23.7 Å². The smallest absolute Gasteiger partial charge is 0.310 e. The fourth-order valence-electron chi connectivity index (χ4n) is 3.67. The number of ether oxygens (including phenoxy) is 1. The van der Waals surface area contributed by atoms with Gasteiger partial charge in [-0.1, -0.05) is 24.4 Å². The highest BCUT2D eigenvalue weighted by atomic mass is 35.5. The number of pyridine rings is 1. The summed E-state index contributed by atoms with van der Waals surface area (Å²) in [5.41, 5.74) is 1.31. The molecule has 1 aliphatic carbocycles. The Morgan fingerprint density at radius 2 is 2.14 bits per heavy atom. The minimum atomic E-state index is -0.575. The molecule has 1 fully saturated rings. The molecule has 0 radical (unpaired) electrons. The van der Waals surface area contributed by atoms with E-state index in [0.717, 1.165) is 30.8 Å². The third-order valence-corrected chi connectivity index (χ3v) is 5.28. The van der Waals surface area contributed by atoms with Gasteiger partial charge in [-0.05, 0) is 18.9 Å². The summed E-state index contributed by atoms with van der Waals surface area (Å²) in [7, 11) is 1.37. The molecule has 0 aromatic carbocycles. The minimum absolute atomic E-state index is 0.0649. The quantitative estimate of drug-likeness (QED) is 0.640. The van der Waals surface area contributed by atoms with E-state index in [1.165, 1.54) is 7.11 Å². The summed E-state index contributed by atoms with van der Waals surface area (Å²) in [6, 6.07) is 1.52. The molecule has 2 N–H and O–H groups in total. The zero-order valence-corrected chi connectivity index (χ0v) is 16.0. The van der Waals surface area contributed by atoms with E-state index < -0.39 is 5.82 Å². The van der Waals surface area contributed by atoms with Gasteiger partial charge in [0.05, 0.1) is 24.2 Å². The van der Waals surface area contributed by atoms with Crippen LogP contribution in [-0.2, 0) is 9.53 Å². The van der Waals surface area contributed by atoms with Crippen LogP contribution in [0.1, 0.15) is 25.7 Å². The minimum Gasteiger partial charge on any atom is -0.469 e. The third-order valence-electron chi connectivity index (χ3n) is 5.07. The zero-order chi connectivity index (χ0) is 19.7. The summed E-state index contributed by atoms with van der Waals surface area (Å²) < 4.78 is 19.3. The van der Waals surface area contributed by atoms with E-state index >= 15 is 0 Å². The Hall–Kier alpha value is -2.74. The summed E-state index contributed by atoms with van der Waals surface area (Å²) in [6.45, 7) is 0. The summed E-state index contributed by atoms with van der Waals surface area (Å²) >= 11 is 6.05. The highest BCUT2D eigenvalue weighted by molar-refractivity contribution is 6.31. The molecule has 28 heavy (non-hydrogen) atoms. The van der Waals surface area contributed by atoms with Crippen molar-refractivity contribution in [3.8, 4) is 11.4 Å². The van der Waals surface area contributed by atoms with Crippen LogP contribution in [0.5, 0.6) is 0 Å². The number of anilines is 1. The number of esters is 1. The molecule has 7 nitrogen and oxygen atoms in total. The van der Waals surface area contributed by atoms with Gasteiger partial charge in [-0.15, -0.1) is 0 Å². The van der Waals surface area contributed by atoms with Crippen molar-refractivity contribution in [3.05, 3.63) is 35.5 Å². The maximum atomic E-state index is 14.4. The number of methoxy groups -OCH3 is 1. The van der Waals surface area contributed by atoms with Crippen molar-refractivity contribution in [2.24, 2.45) is 5.92 Å². The maximum Gasteiger partial charge on any atom is 0.310 e. The number of carbonyl (C=O) groups is 1. The van der Waals surface area contributed by atoms with Crippen LogP contribution in [-0.4, -0.2) is 39.1 Å². The van der Waals surface area contributed by atoms with E-state index in [0.29, 0.717) is 28.5 Å². The Labute approximate surface area is 165 Å². The predicted octanol–water partition coefficient (Wildman–Crippen LogP) is 3.96. The summed E-state index contributed by atoms with van der Waals surface area (Å²) in [5, 5.41) is 4.33. The summed E-state index contributed by atoms with van der Waals surface area (Å²) in [5.74, 6) is -0.786. The second kappa shape index (κ2) is 7.71. The van der Waals surface area contributed by atoms with Crippen LogP contribution in [0.15, 0.2) is 24.7 Å². The fraction of sp³-hybridized carbons (Fsp3) is 0.368. The first-order chi connectivity index (χ1) is 13.6. The number of nitrogens with zero attached hydrogens (tertiary/aromatic N) is 3. The molecule has 0 bridgehead atoms. The third kappa shape index (κ3) is 3.52. The van der Waals surface area contributed by atoms with Crippen LogP contribution in [0.25, 0.3) is 22.4 Å². The standard InChI is InChI=1S/C19H19ClFN5O2/c1-28-19(27)11-4-2-3-5-15(11)25-18-14(21)9-24-17(26-18)13-8-23-16-12(13)6-10(20)7-22-16/h6-9,11,15H,2-5H2,1H3,(H,22,23)(H,24,25,26)/t11-,15?/m0/s1. The molecule has 3 heterocycles. The molecular weight excluding hydrogens is 385 g/mol. The lowest BCUT2D eigenvalue weighted by Crippen LogP contribution is -2.38. The van der Waals surface area contributed by atoms with Gasteiger partial charge in [0, 0.05) is 29.4 Å². The highest BCUT2D eigenvalue weighted by Crippen LogP contribution is 2.31. The lowest BCUT2D eigenvalue weighted by Gasteiger charge is -2.30. The summed E-state index contributed by atoms with van der Waals surface area (Å²) in [6.07, 6.45) is 7.72. The number of carbonyl (C=O) groups excluding carboxylic acids is 1. The maximum absolute atomic E-state index is 14.4. The Bertz CT molecular complexity index is 1020. The number of hydrogen-bond donors (Lipinski definition) is 2. The second-order valence-corrected chi connectivity index (χ2v) is 7.24. The number of halogens is 2. The molecule has 4 rings (SSSR count). The Balaban J connectivity index is 1.67. The molecule has 0 aliphatic heterocycles. The lowest BCUT2D eigenvalue weighted by molar-refractivity contribution is -0.146. The second-order valence-electron chi connectivity index (χ2n) is 6.81. The topological polar surface area (TPSA) is 92.8 Å². The van der Waals surface area contributed by atoms with E-state index in [1.54, 1.807) is 18.5 Å². The van der Waals surface area contributed by atoms with Gasteiger partial charge in [-0.25, -0.2) is 19.3 Å². The van der Waals surface area contributed by atoms with Crippen LogP contribution in [0.2, 0.25) is 5.02 Å². The van der Waals surface area contributed by atoms with Crippen molar-refractivity contribution in [2.75, 3.05) is 12.4 Å². The molecule has 9 heteroatoms. The van der Waals surface area contributed by atoms with Gasteiger partial charge in [0.1, 0.15) is 5.65 Å². The first kappa shape index (κ1) is 18.6. The van der Waals surface area contributed by atoms with Crippen molar-refractivity contribution in [3.63, 3.8) is 0 Å². The summed E-state index contributed by atoms with van der Waals surface area (Å²) in [4.78, 5) is 27.8. The van der Waals surface area contributed by atoms with Gasteiger partial charge in [-0.3, -0.25) is 4.79 Å². The van der Waals surface area contributed by atoms with Crippen molar-refractivity contribution in [2.45, 2.75) is 31.7 Å². The number of H-pyrrole nitrogens is 1. The van der Waals surface area contributed by atoms with Gasteiger partial charge >= 0.3 is 5.97 Å². The van der Waals surface area contributed by atoms with Crippen LogP contribution in [0.3, 0.4) is 0 Å². The van der Waals surface area contributed by atoms with Gasteiger partial charge in [0.25, 0.3) is 0 Å². The average molecular weight is 404 g/mol. The van der Waals surface area contributed by atoms with Crippen molar-refractivity contribution in [1.29, 1.82) is 0 Å². The van der Waals surface area contributed by atoms with Crippen LogP contribution in [0, 0.1) is 11.7 Å². The molecule has 1 unspecified atom stereocenters.